The standard InChI is InChI=1S/C33H40N4O2S/c1-20-6-9-30(26(12-20)29-18-40-32(34-29)37-16-28-22(3)27-14-33(27,28)19-37)39-17-25-8-7-24(13-21(25)2)15-36-11-10-35(5)31(38)23(36)4/h6-9,12-13,18,22-23,27-28H,10-11,14-17,19H2,1-5H3. The van der Waals surface area contributed by atoms with E-state index < -0.39 is 0 Å². The number of aromatic nitrogens is 1. The van der Waals surface area contributed by atoms with E-state index in [0.29, 0.717) is 12.0 Å². The lowest BCUT2D eigenvalue weighted by molar-refractivity contribution is -0.139. The van der Waals surface area contributed by atoms with Crippen LogP contribution in [0.25, 0.3) is 11.3 Å². The summed E-state index contributed by atoms with van der Waals surface area (Å²) >= 11 is 1.77. The molecule has 4 aliphatic rings. The quantitative estimate of drug-likeness (QED) is 0.370. The van der Waals surface area contributed by atoms with Gasteiger partial charge in [-0.1, -0.05) is 36.8 Å². The van der Waals surface area contributed by atoms with Gasteiger partial charge in [0, 0.05) is 50.7 Å². The number of ether oxygens (including phenoxy) is 1. The summed E-state index contributed by atoms with van der Waals surface area (Å²) in [7, 11) is 1.89. The Balaban J connectivity index is 1.04. The van der Waals surface area contributed by atoms with Crippen LogP contribution in [0.3, 0.4) is 0 Å². The number of hydrogen-bond acceptors (Lipinski definition) is 6. The number of rotatable bonds is 7. The van der Waals surface area contributed by atoms with E-state index in [2.05, 4.69) is 72.3 Å². The molecule has 40 heavy (non-hydrogen) atoms. The maximum Gasteiger partial charge on any atom is 0.239 e. The van der Waals surface area contributed by atoms with Gasteiger partial charge in [-0.3, -0.25) is 9.69 Å². The monoisotopic (exact) mass is 556 g/mol. The fourth-order valence-corrected chi connectivity index (χ4v) is 8.64. The second-order valence-electron chi connectivity index (χ2n) is 12.9. The van der Waals surface area contributed by atoms with Crippen molar-refractivity contribution in [3.8, 4) is 17.0 Å². The van der Waals surface area contributed by atoms with Gasteiger partial charge in [-0.15, -0.1) is 11.3 Å². The van der Waals surface area contributed by atoms with Crippen LogP contribution < -0.4 is 9.64 Å². The number of likely N-dealkylation sites (N-methyl/N-ethyl adjacent to an activating group) is 1. The Morgan fingerprint density at radius 3 is 2.73 bits per heavy atom. The van der Waals surface area contributed by atoms with Crippen molar-refractivity contribution in [1.82, 2.24) is 14.8 Å². The fourth-order valence-electron chi connectivity index (χ4n) is 7.81. The first kappa shape index (κ1) is 26.0. The van der Waals surface area contributed by atoms with Gasteiger partial charge in [0.1, 0.15) is 12.4 Å². The molecule has 210 valence electrons. The highest BCUT2D eigenvalue weighted by Crippen LogP contribution is 2.76. The van der Waals surface area contributed by atoms with E-state index in [1.54, 1.807) is 11.3 Å². The molecule has 2 aliphatic carbocycles. The topological polar surface area (TPSA) is 48.9 Å². The Morgan fingerprint density at radius 1 is 1.10 bits per heavy atom. The zero-order chi connectivity index (χ0) is 27.8. The molecule has 4 fully saturated rings. The summed E-state index contributed by atoms with van der Waals surface area (Å²) in [6, 6.07) is 12.9. The van der Waals surface area contributed by atoms with Crippen LogP contribution in [0.5, 0.6) is 5.75 Å². The third-order valence-electron chi connectivity index (χ3n) is 10.4. The molecule has 2 aromatic carbocycles. The van der Waals surface area contributed by atoms with Crippen LogP contribution in [0, 0.1) is 37.0 Å². The van der Waals surface area contributed by atoms with E-state index in [-0.39, 0.29) is 11.9 Å². The highest BCUT2D eigenvalue weighted by Gasteiger charge is 2.74. The molecular weight excluding hydrogens is 516 g/mol. The van der Waals surface area contributed by atoms with Gasteiger partial charge in [0.15, 0.2) is 5.13 Å². The molecule has 1 amide bonds. The molecule has 0 radical (unpaired) electrons. The normalized spacial score (nSPS) is 29.3. The van der Waals surface area contributed by atoms with E-state index in [1.165, 1.54) is 41.8 Å². The molecule has 0 N–H and O–H groups in total. The highest BCUT2D eigenvalue weighted by molar-refractivity contribution is 7.14. The lowest BCUT2D eigenvalue weighted by Crippen LogP contribution is -2.53. The minimum absolute atomic E-state index is 0.0808. The van der Waals surface area contributed by atoms with Gasteiger partial charge in [-0.25, -0.2) is 4.98 Å². The summed E-state index contributed by atoms with van der Waals surface area (Å²) < 4.78 is 6.45. The van der Waals surface area contributed by atoms with E-state index in [1.807, 2.05) is 18.9 Å². The number of piperazine rings is 1. The number of amides is 1. The molecule has 0 bridgehead atoms. The minimum atomic E-state index is -0.0808. The van der Waals surface area contributed by atoms with Crippen LogP contribution in [-0.4, -0.2) is 60.0 Å². The first-order chi connectivity index (χ1) is 19.2. The molecule has 2 aliphatic heterocycles. The number of nitrogens with zero attached hydrogens (tertiary/aromatic N) is 4. The van der Waals surface area contributed by atoms with Crippen molar-refractivity contribution in [2.24, 2.45) is 23.2 Å². The van der Waals surface area contributed by atoms with E-state index in [4.69, 9.17) is 9.72 Å². The van der Waals surface area contributed by atoms with Crippen LogP contribution in [0.1, 0.15) is 42.5 Å². The zero-order valence-electron chi connectivity index (χ0n) is 24.3. The molecule has 3 heterocycles. The van der Waals surface area contributed by atoms with Gasteiger partial charge < -0.3 is 14.5 Å². The average Bonchev–Trinajstić information content (AvgIpc) is 3.20. The molecule has 7 heteroatoms. The molecule has 7 rings (SSSR count). The molecule has 1 aromatic heterocycles. The lowest BCUT2D eigenvalue weighted by atomic mass is 9.68. The first-order valence-corrected chi connectivity index (χ1v) is 15.6. The van der Waals surface area contributed by atoms with Gasteiger partial charge in [-0.05, 0) is 79.2 Å². The number of benzene rings is 2. The molecule has 5 atom stereocenters. The third-order valence-corrected chi connectivity index (χ3v) is 11.3. The summed E-state index contributed by atoms with van der Waals surface area (Å²) in [5.41, 5.74) is 7.54. The van der Waals surface area contributed by atoms with Crippen molar-refractivity contribution < 1.29 is 9.53 Å². The Hall–Kier alpha value is -2.90. The largest absolute Gasteiger partial charge is 0.488 e. The maximum atomic E-state index is 12.4. The highest BCUT2D eigenvalue weighted by atomic mass is 32.1. The van der Waals surface area contributed by atoms with E-state index in [0.717, 1.165) is 59.5 Å². The van der Waals surface area contributed by atoms with E-state index >= 15 is 0 Å². The minimum Gasteiger partial charge on any atom is -0.488 e. The van der Waals surface area contributed by atoms with Crippen molar-refractivity contribution in [3.63, 3.8) is 0 Å². The molecule has 6 nitrogen and oxygen atoms in total. The third kappa shape index (κ3) is 4.24. The first-order valence-electron chi connectivity index (χ1n) is 14.8. The summed E-state index contributed by atoms with van der Waals surface area (Å²) in [5, 5.41) is 3.36. The average molecular weight is 557 g/mol. The van der Waals surface area contributed by atoms with Crippen LogP contribution in [-0.2, 0) is 17.9 Å². The molecule has 3 aromatic rings. The molecule has 1 spiro atoms. The Labute approximate surface area is 242 Å². The summed E-state index contributed by atoms with van der Waals surface area (Å²) in [5.74, 6) is 3.80. The molecule has 2 saturated carbocycles. The number of carbonyl (C=O) groups excluding carboxylic acids is 1. The number of aryl methyl sites for hydroxylation is 2. The lowest BCUT2D eigenvalue weighted by Gasteiger charge is -2.37. The number of thiazole rings is 1. The van der Waals surface area contributed by atoms with Crippen molar-refractivity contribution in [3.05, 3.63) is 64.0 Å². The molecular formula is C33H40N4O2S. The fraction of sp³-hybridized carbons (Fsp3) is 0.515. The maximum absolute atomic E-state index is 12.4. The molecule has 5 unspecified atom stereocenters. The van der Waals surface area contributed by atoms with Gasteiger partial charge in [0.25, 0.3) is 0 Å². The summed E-state index contributed by atoms with van der Waals surface area (Å²) in [6.45, 7) is 14.1. The Bertz CT molecular complexity index is 1470. The van der Waals surface area contributed by atoms with Crippen molar-refractivity contribution in [2.45, 2.75) is 53.3 Å². The van der Waals surface area contributed by atoms with Crippen LogP contribution in [0.15, 0.2) is 41.8 Å². The predicted octanol–water partition coefficient (Wildman–Crippen LogP) is 5.76. The SMILES string of the molecule is Cc1ccc(OCc2ccc(CN3CCN(C)C(=O)C3C)cc2C)c(-c2csc(N3CC4C(C)C5CC45C3)n2)c1. The molecule has 2 saturated heterocycles. The van der Waals surface area contributed by atoms with Crippen molar-refractivity contribution in [2.75, 3.05) is 38.1 Å². The second kappa shape index (κ2) is 9.59. The van der Waals surface area contributed by atoms with Gasteiger partial charge in [0.2, 0.25) is 5.91 Å². The summed E-state index contributed by atoms with van der Waals surface area (Å²) in [6.07, 6.45) is 1.43. The predicted molar refractivity (Wildman–Crippen MR) is 161 cm³/mol. The Kier molecular flexibility index (Phi) is 6.24. The van der Waals surface area contributed by atoms with Crippen molar-refractivity contribution in [1.29, 1.82) is 0 Å². The second-order valence-corrected chi connectivity index (χ2v) is 13.7. The van der Waals surface area contributed by atoms with Crippen LogP contribution >= 0.6 is 11.3 Å². The van der Waals surface area contributed by atoms with E-state index in [9.17, 15) is 4.79 Å². The van der Waals surface area contributed by atoms with Crippen LogP contribution in [0.4, 0.5) is 5.13 Å². The van der Waals surface area contributed by atoms with Gasteiger partial charge in [-0.2, -0.15) is 0 Å². The van der Waals surface area contributed by atoms with Crippen molar-refractivity contribution >= 4 is 22.4 Å². The number of carbonyl (C=O) groups is 1. The number of anilines is 1. The summed E-state index contributed by atoms with van der Waals surface area (Å²) in [4.78, 5) is 24.2. The smallest absolute Gasteiger partial charge is 0.239 e. The zero-order valence-corrected chi connectivity index (χ0v) is 25.1. The van der Waals surface area contributed by atoms with Gasteiger partial charge in [0.05, 0.1) is 11.7 Å². The number of hydrogen-bond donors (Lipinski definition) is 0. The van der Waals surface area contributed by atoms with Crippen LogP contribution in [0.2, 0.25) is 0 Å². The Morgan fingerprint density at radius 2 is 1.95 bits per heavy atom. The van der Waals surface area contributed by atoms with Gasteiger partial charge >= 0.3 is 0 Å².